The molecule has 2 aromatic carbocycles. The average Bonchev–Trinajstić information content (AvgIpc) is 2.71. The van der Waals surface area contributed by atoms with Crippen molar-refractivity contribution in [1.82, 2.24) is 4.90 Å². The second-order valence-electron chi connectivity index (χ2n) is 6.82. The molecule has 1 aliphatic rings. The predicted octanol–water partition coefficient (Wildman–Crippen LogP) is 5.21. The maximum Gasteiger partial charge on any atom is 0.332 e. The van der Waals surface area contributed by atoms with Crippen LogP contribution >= 0.6 is 35.6 Å². The number of aryl methyl sites for hydroxylation is 1. The Kier molecular flexibility index (Phi) is 9.18. The molecule has 5 nitrogen and oxygen atoms in total. The summed E-state index contributed by atoms with van der Waals surface area (Å²) in [6.07, 6.45) is 2.50. The van der Waals surface area contributed by atoms with E-state index in [0.717, 1.165) is 29.7 Å². The van der Waals surface area contributed by atoms with Gasteiger partial charge in [0.1, 0.15) is 12.3 Å². The van der Waals surface area contributed by atoms with Crippen molar-refractivity contribution >= 4 is 47.3 Å². The van der Waals surface area contributed by atoms with Crippen molar-refractivity contribution in [3.05, 3.63) is 80.8 Å². The summed E-state index contributed by atoms with van der Waals surface area (Å²) in [7, 11) is 0. The molecule has 0 fully saturated rings. The minimum Gasteiger partial charge on any atom is -0.478 e. The van der Waals surface area contributed by atoms with E-state index in [1.165, 1.54) is 0 Å². The predicted molar refractivity (Wildman–Crippen MR) is 123 cm³/mol. The summed E-state index contributed by atoms with van der Waals surface area (Å²) in [5.41, 5.74) is 3.92. The highest BCUT2D eigenvalue weighted by Gasteiger charge is 2.17. The number of benzene rings is 2. The lowest BCUT2D eigenvalue weighted by atomic mass is 9.98. The Hall–Kier alpha value is -2.05. The van der Waals surface area contributed by atoms with Crippen molar-refractivity contribution in [2.45, 2.75) is 13.3 Å². The van der Waals surface area contributed by atoms with E-state index in [1.54, 1.807) is 18.2 Å². The highest BCUT2D eigenvalue weighted by atomic mass is 35.5. The van der Waals surface area contributed by atoms with Gasteiger partial charge in [-0.05, 0) is 31.0 Å². The Morgan fingerprint density at radius 1 is 1.20 bits per heavy atom. The molecule has 0 atom stereocenters. The Morgan fingerprint density at radius 2 is 1.97 bits per heavy atom. The summed E-state index contributed by atoms with van der Waals surface area (Å²) in [5.74, 6) is -0.866. The van der Waals surface area contributed by atoms with Gasteiger partial charge in [-0.2, -0.15) is 0 Å². The lowest BCUT2D eigenvalue weighted by Gasteiger charge is -2.24. The van der Waals surface area contributed by atoms with Crippen LogP contribution in [0.5, 0.6) is 0 Å². The molecule has 0 spiro atoms. The van der Waals surface area contributed by atoms with E-state index in [1.807, 2.05) is 42.2 Å². The van der Waals surface area contributed by atoms with Crippen LogP contribution in [-0.4, -0.2) is 47.9 Å². The molecule has 1 aliphatic heterocycles. The number of carboxylic acid groups (broad SMARTS) is 1. The van der Waals surface area contributed by atoms with Gasteiger partial charge in [0, 0.05) is 36.3 Å². The zero-order chi connectivity index (χ0) is 20.8. The zero-order valence-electron chi connectivity index (χ0n) is 16.5. The molecule has 3 rings (SSSR count). The average molecular weight is 470 g/mol. The molecule has 2 aromatic rings. The van der Waals surface area contributed by atoms with E-state index in [9.17, 15) is 4.79 Å². The molecular weight excluding hydrogens is 447 g/mol. The van der Waals surface area contributed by atoms with E-state index in [4.69, 9.17) is 33.1 Å². The van der Waals surface area contributed by atoms with Gasteiger partial charge in [0.25, 0.3) is 0 Å². The summed E-state index contributed by atoms with van der Waals surface area (Å²) in [6, 6.07) is 13.3. The van der Waals surface area contributed by atoms with Crippen molar-refractivity contribution in [2.75, 3.05) is 26.2 Å². The van der Waals surface area contributed by atoms with Gasteiger partial charge in [-0.3, -0.25) is 4.90 Å². The standard InChI is InChI=1S/C22H22Cl2N2O3.ClH/c1-15-5-2-3-7-18(15)21(16-8-9-19(23)20(24)13-16)25-29-12-11-26-10-4-6-17(14-26)22(27)28;/h2-3,5-9,13H,4,10-12,14H2,1H3,(H,27,28);1H/b25-21+;. The van der Waals surface area contributed by atoms with E-state index in [0.29, 0.717) is 41.0 Å². The number of oxime groups is 1. The van der Waals surface area contributed by atoms with Crippen molar-refractivity contribution in [3.8, 4) is 0 Å². The van der Waals surface area contributed by atoms with Crippen LogP contribution in [0.1, 0.15) is 23.1 Å². The SMILES string of the molecule is Cc1ccccc1/C(=N/OCCN1CCC=C(C(=O)O)C1)c1ccc(Cl)c(Cl)c1.Cl. The van der Waals surface area contributed by atoms with Crippen LogP contribution in [0.2, 0.25) is 10.0 Å². The number of nitrogens with zero attached hydrogens (tertiary/aromatic N) is 2. The molecule has 0 amide bonds. The lowest BCUT2D eigenvalue weighted by Crippen LogP contribution is -2.34. The maximum atomic E-state index is 11.1. The van der Waals surface area contributed by atoms with E-state index in [-0.39, 0.29) is 12.4 Å². The van der Waals surface area contributed by atoms with Crippen LogP contribution < -0.4 is 0 Å². The van der Waals surface area contributed by atoms with Gasteiger partial charge in [0.05, 0.1) is 10.0 Å². The van der Waals surface area contributed by atoms with Crippen LogP contribution in [0, 0.1) is 6.92 Å². The van der Waals surface area contributed by atoms with Crippen LogP contribution in [0.3, 0.4) is 0 Å². The Balaban J connectivity index is 0.00000320. The molecular formula is C22H23Cl3N2O3. The van der Waals surface area contributed by atoms with E-state index in [2.05, 4.69) is 5.16 Å². The van der Waals surface area contributed by atoms with E-state index < -0.39 is 5.97 Å². The number of halogens is 3. The molecule has 30 heavy (non-hydrogen) atoms. The molecule has 1 heterocycles. The van der Waals surface area contributed by atoms with Crippen LogP contribution in [0.25, 0.3) is 0 Å². The third-order valence-corrected chi connectivity index (χ3v) is 5.49. The normalized spacial score (nSPS) is 14.6. The molecule has 160 valence electrons. The monoisotopic (exact) mass is 468 g/mol. The molecule has 0 aliphatic carbocycles. The lowest BCUT2D eigenvalue weighted by molar-refractivity contribution is -0.133. The van der Waals surface area contributed by atoms with Crippen LogP contribution in [0.15, 0.2) is 59.3 Å². The fourth-order valence-electron chi connectivity index (χ4n) is 3.17. The molecule has 0 aromatic heterocycles. The van der Waals surface area contributed by atoms with E-state index >= 15 is 0 Å². The number of carbonyl (C=O) groups is 1. The fourth-order valence-corrected chi connectivity index (χ4v) is 3.47. The Bertz CT molecular complexity index is 960. The number of hydrogen-bond donors (Lipinski definition) is 1. The number of aliphatic carboxylic acids is 1. The van der Waals surface area contributed by atoms with Gasteiger partial charge < -0.3 is 9.94 Å². The molecule has 0 saturated heterocycles. The number of hydrogen-bond acceptors (Lipinski definition) is 4. The van der Waals surface area contributed by atoms with Crippen molar-refractivity contribution < 1.29 is 14.7 Å². The highest BCUT2D eigenvalue weighted by molar-refractivity contribution is 6.42. The maximum absolute atomic E-state index is 11.1. The first kappa shape index (κ1) is 24.2. The first-order chi connectivity index (χ1) is 14.0. The van der Waals surface area contributed by atoms with Crippen molar-refractivity contribution in [2.24, 2.45) is 5.16 Å². The largest absolute Gasteiger partial charge is 0.478 e. The summed E-state index contributed by atoms with van der Waals surface area (Å²) in [5, 5.41) is 14.5. The Labute approximate surface area is 192 Å². The quantitative estimate of drug-likeness (QED) is 0.343. The van der Waals surface area contributed by atoms with Crippen molar-refractivity contribution in [3.63, 3.8) is 0 Å². The van der Waals surface area contributed by atoms with Gasteiger partial charge in [-0.25, -0.2) is 4.79 Å². The summed E-state index contributed by atoms with van der Waals surface area (Å²) < 4.78 is 0. The third kappa shape index (κ3) is 6.22. The molecule has 0 bridgehead atoms. The molecule has 8 heteroatoms. The number of rotatable bonds is 7. The minimum atomic E-state index is -0.866. The molecule has 1 N–H and O–H groups in total. The molecule has 0 radical (unpaired) electrons. The minimum absolute atomic E-state index is 0. The number of carboxylic acids is 1. The topological polar surface area (TPSA) is 62.1 Å². The van der Waals surface area contributed by atoms with Gasteiger partial charge in [-0.1, -0.05) is 64.8 Å². The van der Waals surface area contributed by atoms with Crippen LogP contribution in [0.4, 0.5) is 0 Å². The molecule has 0 unspecified atom stereocenters. The van der Waals surface area contributed by atoms with Crippen molar-refractivity contribution in [1.29, 1.82) is 0 Å². The Morgan fingerprint density at radius 3 is 2.67 bits per heavy atom. The summed E-state index contributed by atoms with van der Waals surface area (Å²) >= 11 is 12.3. The highest BCUT2D eigenvalue weighted by Crippen LogP contribution is 2.25. The van der Waals surface area contributed by atoms with Gasteiger partial charge in [0.2, 0.25) is 0 Å². The van der Waals surface area contributed by atoms with Gasteiger partial charge in [-0.15, -0.1) is 12.4 Å². The smallest absolute Gasteiger partial charge is 0.332 e. The molecule has 0 saturated carbocycles. The van der Waals surface area contributed by atoms with Gasteiger partial charge >= 0.3 is 5.97 Å². The second-order valence-corrected chi connectivity index (χ2v) is 7.63. The second kappa shape index (κ2) is 11.4. The third-order valence-electron chi connectivity index (χ3n) is 4.75. The zero-order valence-corrected chi connectivity index (χ0v) is 18.8. The summed E-state index contributed by atoms with van der Waals surface area (Å²) in [6.45, 7) is 4.18. The van der Waals surface area contributed by atoms with Gasteiger partial charge in [0.15, 0.2) is 0 Å². The first-order valence-electron chi connectivity index (χ1n) is 9.32. The summed E-state index contributed by atoms with van der Waals surface area (Å²) in [4.78, 5) is 18.8. The fraction of sp³-hybridized carbons (Fsp3) is 0.273. The van der Waals surface area contributed by atoms with Crippen LogP contribution in [-0.2, 0) is 9.63 Å². The first-order valence-corrected chi connectivity index (χ1v) is 10.1.